The summed E-state index contributed by atoms with van der Waals surface area (Å²) in [6, 6.07) is 10.9. The van der Waals surface area contributed by atoms with Gasteiger partial charge in [0.15, 0.2) is 16.6 Å². The molecule has 1 unspecified atom stereocenters. The summed E-state index contributed by atoms with van der Waals surface area (Å²) < 4.78 is 8.41. The number of para-hydroxylation sites is 2. The van der Waals surface area contributed by atoms with E-state index in [9.17, 15) is 14.9 Å². The first-order valence-electron chi connectivity index (χ1n) is 8.93. The lowest BCUT2D eigenvalue weighted by molar-refractivity contribution is -0.383. The highest BCUT2D eigenvalue weighted by atomic mass is 35.6. The summed E-state index contributed by atoms with van der Waals surface area (Å²) in [5.74, 6) is 0.502. The van der Waals surface area contributed by atoms with Gasteiger partial charge in [-0.25, -0.2) is 0 Å². The molecule has 0 aliphatic heterocycles. The van der Waals surface area contributed by atoms with Crippen molar-refractivity contribution in [3.05, 3.63) is 58.1 Å². The summed E-state index contributed by atoms with van der Waals surface area (Å²) in [5.41, 5.74) is 0.568. The van der Waals surface area contributed by atoms with Crippen LogP contribution in [-0.4, -0.2) is 40.1 Å². The maximum absolute atomic E-state index is 12.6. The van der Waals surface area contributed by atoms with Crippen LogP contribution < -0.4 is 25.4 Å². The van der Waals surface area contributed by atoms with Gasteiger partial charge in [0.25, 0.3) is 5.69 Å². The van der Waals surface area contributed by atoms with Crippen LogP contribution >= 0.6 is 47.0 Å². The van der Waals surface area contributed by atoms with Crippen LogP contribution in [0.1, 0.15) is 5.56 Å². The van der Waals surface area contributed by atoms with Gasteiger partial charge < -0.3 is 25.4 Å². The number of nitrogens with one attached hydrogen (secondary N) is 3. The average Bonchev–Trinajstić information content (AvgIpc) is 2.72. The van der Waals surface area contributed by atoms with E-state index in [0.29, 0.717) is 17.1 Å². The molecule has 0 aromatic heterocycles. The first-order chi connectivity index (χ1) is 15.0. The van der Waals surface area contributed by atoms with Crippen molar-refractivity contribution in [2.45, 2.75) is 16.4 Å². The van der Waals surface area contributed by atoms with E-state index in [1.54, 1.807) is 24.3 Å². The lowest BCUT2D eigenvalue weighted by Gasteiger charge is -2.27. The van der Waals surface area contributed by atoms with E-state index in [4.69, 9.17) is 56.5 Å². The van der Waals surface area contributed by atoms with Crippen LogP contribution in [0.5, 0.6) is 11.5 Å². The molecule has 2 aromatic rings. The maximum atomic E-state index is 12.6. The third kappa shape index (κ3) is 7.27. The number of halogens is 3. The molecule has 2 rings (SSSR count). The fourth-order valence-corrected chi connectivity index (χ4v) is 3.17. The van der Waals surface area contributed by atoms with Crippen molar-refractivity contribution >= 4 is 69.4 Å². The number of carbonyl (C=O) groups is 1. The zero-order chi connectivity index (χ0) is 23.9. The molecule has 1 amide bonds. The van der Waals surface area contributed by atoms with Gasteiger partial charge in [0.1, 0.15) is 11.9 Å². The van der Waals surface area contributed by atoms with Crippen molar-refractivity contribution in [2.24, 2.45) is 0 Å². The minimum absolute atomic E-state index is 0.0520. The van der Waals surface area contributed by atoms with Crippen molar-refractivity contribution in [1.29, 1.82) is 0 Å². The smallest absolute Gasteiger partial charge is 0.292 e. The number of hydrogen-bond acceptors (Lipinski definition) is 6. The number of methoxy groups -OCH3 is 2. The molecule has 172 valence electrons. The standard InChI is InChI=1S/C19H19Cl3N4O5S/c1-30-14-8-7-11(9-15(14)31-2)10-16(27)24-17(19(20,21)22)25-18(32)23-12-5-3-4-6-13(12)26(28)29/h3-9,17H,10H2,1-2H3,(H,24,27)(H2,23,25,32). The van der Waals surface area contributed by atoms with Gasteiger partial charge in [-0.05, 0) is 36.0 Å². The van der Waals surface area contributed by atoms with Crippen molar-refractivity contribution in [2.75, 3.05) is 19.5 Å². The average molecular weight is 522 g/mol. The Morgan fingerprint density at radius 2 is 1.78 bits per heavy atom. The molecule has 0 radical (unpaired) electrons. The van der Waals surface area contributed by atoms with E-state index in [-0.39, 0.29) is 22.9 Å². The number of rotatable bonds is 8. The molecule has 0 aliphatic carbocycles. The second kappa shape index (κ2) is 11.4. The van der Waals surface area contributed by atoms with Gasteiger partial charge in [0.05, 0.1) is 25.6 Å². The van der Waals surface area contributed by atoms with Gasteiger partial charge in [0.2, 0.25) is 9.70 Å². The molecule has 2 aromatic carbocycles. The van der Waals surface area contributed by atoms with Crippen molar-refractivity contribution < 1.29 is 19.2 Å². The van der Waals surface area contributed by atoms with Gasteiger partial charge in [-0.2, -0.15) is 0 Å². The van der Waals surface area contributed by atoms with Gasteiger partial charge in [-0.15, -0.1) is 0 Å². The molecule has 0 fully saturated rings. The topological polar surface area (TPSA) is 115 Å². The molecule has 13 heteroatoms. The van der Waals surface area contributed by atoms with Crippen LogP contribution in [0.15, 0.2) is 42.5 Å². The summed E-state index contributed by atoms with van der Waals surface area (Å²) in [6.45, 7) is 0. The van der Waals surface area contributed by atoms with Crippen LogP contribution in [-0.2, 0) is 11.2 Å². The number of ether oxygens (including phenoxy) is 2. The summed E-state index contributed by atoms with van der Waals surface area (Å²) in [5, 5.41) is 18.9. The van der Waals surface area contributed by atoms with Crippen LogP contribution in [0.2, 0.25) is 0 Å². The minimum atomic E-state index is -1.98. The number of anilines is 1. The molecule has 3 N–H and O–H groups in total. The van der Waals surface area contributed by atoms with Gasteiger partial charge >= 0.3 is 0 Å². The Morgan fingerprint density at radius 3 is 2.38 bits per heavy atom. The Kier molecular flexibility index (Phi) is 9.14. The molecule has 1 atom stereocenters. The molecular formula is C19H19Cl3N4O5S. The molecular weight excluding hydrogens is 503 g/mol. The third-order valence-electron chi connectivity index (χ3n) is 4.07. The van der Waals surface area contributed by atoms with Gasteiger partial charge in [0, 0.05) is 6.07 Å². The lowest BCUT2D eigenvalue weighted by Crippen LogP contribution is -2.56. The SMILES string of the molecule is COc1ccc(CC(=O)NC(NC(=S)Nc2ccccc2[N+](=O)[O-])C(Cl)(Cl)Cl)cc1OC. The van der Waals surface area contributed by atoms with E-state index < -0.39 is 20.8 Å². The zero-order valence-corrected chi connectivity index (χ0v) is 19.9. The van der Waals surface area contributed by atoms with E-state index >= 15 is 0 Å². The Morgan fingerprint density at radius 1 is 1.12 bits per heavy atom. The highest BCUT2D eigenvalue weighted by Crippen LogP contribution is 2.30. The first kappa shape index (κ1) is 25.7. The van der Waals surface area contributed by atoms with E-state index in [1.807, 2.05) is 0 Å². The number of nitrogens with zero attached hydrogens (tertiary/aromatic N) is 1. The van der Waals surface area contributed by atoms with Crippen molar-refractivity contribution in [3.63, 3.8) is 0 Å². The van der Waals surface area contributed by atoms with Crippen LogP contribution in [0.3, 0.4) is 0 Å². The Hall–Kier alpha value is -2.53. The summed E-state index contributed by atoms with van der Waals surface area (Å²) in [6.07, 6.45) is -1.29. The highest BCUT2D eigenvalue weighted by molar-refractivity contribution is 7.80. The normalized spacial score (nSPS) is 11.8. The third-order valence-corrected chi connectivity index (χ3v) is 4.94. The van der Waals surface area contributed by atoms with Gasteiger partial charge in [-0.1, -0.05) is 53.0 Å². The monoisotopic (exact) mass is 520 g/mol. The number of benzene rings is 2. The number of amides is 1. The number of alkyl halides is 3. The zero-order valence-electron chi connectivity index (χ0n) is 16.9. The van der Waals surface area contributed by atoms with Crippen LogP contribution in [0, 0.1) is 10.1 Å². The number of carbonyl (C=O) groups excluding carboxylic acids is 1. The Labute approximate surface area is 204 Å². The quantitative estimate of drug-likeness (QED) is 0.157. The second-order valence-electron chi connectivity index (χ2n) is 6.28. The Balaban J connectivity index is 2.08. The van der Waals surface area contributed by atoms with Crippen molar-refractivity contribution in [3.8, 4) is 11.5 Å². The van der Waals surface area contributed by atoms with E-state index in [1.165, 1.54) is 32.4 Å². The van der Waals surface area contributed by atoms with Gasteiger partial charge in [-0.3, -0.25) is 14.9 Å². The van der Waals surface area contributed by atoms with E-state index in [0.717, 1.165) is 0 Å². The number of nitro groups is 1. The molecule has 0 spiro atoms. The number of hydrogen-bond donors (Lipinski definition) is 3. The Bertz CT molecular complexity index is 1000. The predicted octanol–water partition coefficient (Wildman–Crippen LogP) is 3.95. The maximum Gasteiger partial charge on any atom is 0.292 e. The molecule has 9 nitrogen and oxygen atoms in total. The number of thiocarbonyl (C=S) groups is 1. The minimum Gasteiger partial charge on any atom is -0.493 e. The number of nitro benzene ring substituents is 1. The molecule has 0 saturated heterocycles. The predicted molar refractivity (Wildman–Crippen MR) is 128 cm³/mol. The van der Waals surface area contributed by atoms with E-state index in [2.05, 4.69) is 16.0 Å². The molecule has 0 heterocycles. The first-order valence-corrected chi connectivity index (χ1v) is 10.5. The molecule has 0 saturated carbocycles. The second-order valence-corrected chi connectivity index (χ2v) is 9.06. The highest BCUT2D eigenvalue weighted by Gasteiger charge is 2.35. The van der Waals surface area contributed by atoms with Crippen molar-refractivity contribution in [1.82, 2.24) is 10.6 Å². The molecule has 32 heavy (non-hydrogen) atoms. The largest absolute Gasteiger partial charge is 0.493 e. The molecule has 0 aliphatic rings. The molecule has 0 bridgehead atoms. The lowest BCUT2D eigenvalue weighted by atomic mass is 10.1. The summed E-state index contributed by atoms with van der Waals surface area (Å²) in [4.78, 5) is 23.1. The fraction of sp³-hybridized carbons (Fsp3) is 0.263. The summed E-state index contributed by atoms with van der Waals surface area (Å²) >= 11 is 23.1. The van der Waals surface area contributed by atoms with Crippen LogP contribution in [0.25, 0.3) is 0 Å². The summed E-state index contributed by atoms with van der Waals surface area (Å²) in [7, 11) is 2.98. The van der Waals surface area contributed by atoms with Crippen LogP contribution in [0.4, 0.5) is 11.4 Å². The fourth-order valence-electron chi connectivity index (χ4n) is 2.62.